The first-order valence-corrected chi connectivity index (χ1v) is 22.5. The Morgan fingerprint density at radius 3 is 1.24 bits per heavy atom. The molecule has 2 heterocycles. The molecular formula is C61H39N5. The Hall–Kier alpha value is -8.67. The van der Waals surface area contributed by atoms with Crippen LogP contribution >= 0.6 is 0 Å². The van der Waals surface area contributed by atoms with Crippen molar-refractivity contribution in [3.8, 4) is 79.2 Å². The molecule has 2 unspecified atom stereocenters. The lowest BCUT2D eigenvalue weighted by Crippen LogP contribution is -2.27. The Bertz CT molecular complexity index is 3580. The molecule has 0 saturated heterocycles. The average Bonchev–Trinajstić information content (AvgIpc) is 3.40. The molecule has 2 atom stereocenters. The molecule has 0 fully saturated rings. The summed E-state index contributed by atoms with van der Waals surface area (Å²) in [5.74, 6) is 2.78. The molecule has 0 aliphatic heterocycles. The summed E-state index contributed by atoms with van der Waals surface area (Å²) < 4.78 is 0. The van der Waals surface area contributed by atoms with Crippen LogP contribution in [0.5, 0.6) is 0 Å². The molecule has 2 aromatic heterocycles. The van der Waals surface area contributed by atoms with Gasteiger partial charge in [-0.25, -0.2) is 24.9 Å². The van der Waals surface area contributed by atoms with Crippen LogP contribution in [0.4, 0.5) is 0 Å². The van der Waals surface area contributed by atoms with E-state index in [1.807, 2.05) is 54.6 Å². The predicted molar refractivity (Wildman–Crippen MR) is 266 cm³/mol. The van der Waals surface area contributed by atoms with E-state index in [1.54, 1.807) is 0 Å². The summed E-state index contributed by atoms with van der Waals surface area (Å²) in [7, 11) is 0. The SMILES string of the molecule is c1ccc(-c2nc(-c3ccc(-c4cccc5ccccc45)cc3)cc(-c3ccc4c(c3)C3c5ccccc5C4c4cc(-c5nc(-c6ccccc6)nc(-c6ccccc6)n5)ccc43)n2)cc1. The Morgan fingerprint density at radius 2 is 0.652 bits per heavy atom. The van der Waals surface area contributed by atoms with E-state index in [0.717, 1.165) is 44.8 Å². The lowest BCUT2D eigenvalue weighted by atomic mass is 9.60. The topological polar surface area (TPSA) is 64.5 Å². The van der Waals surface area contributed by atoms with E-state index in [0.29, 0.717) is 23.3 Å². The van der Waals surface area contributed by atoms with Gasteiger partial charge in [-0.05, 0) is 73.5 Å². The summed E-state index contributed by atoms with van der Waals surface area (Å²) in [6.45, 7) is 0. The number of rotatable bonds is 7. The lowest BCUT2D eigenvalue weighted by Gasteiger charge is -2.42. The molecule has 11 aromatic rings. The summed E-state index contributed by atoms with van der Waals surface area (Å²) in [5.41, 5.74) is 18.1. The second-order valence-corrected chi connectivity index (χ2v) is 17.2. The molecule has 66 heavy (non-hydrogen) atoms. The van der Waals surface area contributed by atoms with Crippen LogP contribution in [0.25, 0.3) is 90.0 Å². The third-order valence-electron chi connectivity index (χ3n) is 13.3. The maximum atomic E-state index is 5.27. The van der Waals surface area contributed by atoms with Crippen molar-refractivity contribution >= 4 is 10.8 Å². The normalized spacial score (nSPS) is 14.4. The molecule has 5 heteroatoms. The van der Waals surface area contributed by atoms with Crippen molar-refractivity contribution < 1.29 is 0 Å². The number of fused-ring (bicyclic) bond motifs is 1. The zero-order valence-corrected chi connectivity index (χ0v) is 35.8. The van der Waals surface area contributed by atoms with E-state index in [2.05, 4.69) is 170 Å². The largest absolute Gasteiger partial charge is 0.228 e. The van der Waals surface area contributed by atoms with Gasteiger partial charge in [-0.15, -0.1) is 0 Å². The highest BCUT2D eigenvalue weighted by Crippen LogP contribution is 2.56. The van der Waals surface area contributed by atoms with Crippen molar-refractivity contribution in [2.24, 2.45) is 0 Å². The molecule has 308 valence electrons. The summed E-state index contributed by atoms with van der Waals surface area (Å²) in [5, 5.41) is 2.48. The van der Waals surface area contributed by atoms with Crippen molar-refractivity contribution in [3.63, 3.8) is 0 Å². The number of nitrogens with zero attached hydrogens (tertiary/aromatic N) is 5. The highest BCUT2D eigenvalue weighted by molar-refractivity contribution is 5.97. The maximum absolute atomic E-state index is 5.27. The van der Waals surface area contributed by atoms with E-state index in [-0.39, 0.29) is 11.8 Å². The zero-order chi connectivity index (χ0) is 43.6. The van der Waals surface area contributed by atoms with E-state index in [1.165, 1.54) is 55.3 Å². The summed E-state index contributed by atoms with van der Waals surface area (Å²) in [6, 6.07) is 79.4. The van der Waals surface area contributed by atoms with Crippen LogP contribution in [-0.2, 0) is 0 Å². The molecule has 2 bridgehead atoms. The van der Waals surface area contributed by atoms with Gasteiger partial charge in [-0.2, -0.15) is 0 Å². The van der Waals surface area contributed by atoms with Gasteiger partial charge in [0.25, 0.3) is 0 Å². The fourth-order valence-electron chi connectivity index (χ4n) is 10.2. The van der Waals surface area contributed by atoms with Crippen LogP contribution in [-0.4, -0.2) is 24.9 Å². The summed E-state index contributed by atoms with van der Waals surface area (Å²) in [6.07, 6.45) is 0. The van der Waals surface area contributed by atoms with Gasteiger partial charge >= 0.3 is 0 Å². The fraction of sp³-hybridized carbons (Fsp3) is 0.0328. The minimum Gasteiger partial charge on any atom is -0.228 e. The summed E-state index contributed by atoms with van der Waals surface area (Å²) in [4.78, 5) is 25.6. The minimum absolute atomic E-state index is 0.0512. The van der Waals surface area contributed by atoms with E-state index in [9.17, 15) is 0 Å². The molecule has 3 aliphatic rings. The third kappa shape index (κ3) is 6.43. The van der Waals surface area contributed by atoms with Gasteiger partial charge in [0.2, 0.25) is 0 Å². The van der Waals surface area contributed by atoms with E-state index in [4.69, 9.17) is 24.9 Å². The molecule has 0 N–H and O–H groups in total. The number of benzene rings is 9. The molecule has 14 rings (SSSR count). The number of aromatic nitrogens is 5. The lowest BCUT2D eigenvalue weighted by molar-refractivity contribution is 0.754. The van der Waals surface area contributed by atoms with E-state index >= 15 is 0 Å². The van der Waals surface area contributed by atoms with Crippen LogP contribution in [0.2, 0.25) is 0 Å². The van der Waals surface area contributed by atoms with E-state index < -0.39 is 0 Å². The van der Waals surface area contributed by atoms with Crippen LogP contribution in [0.3, 0.4) is 0 Å². The van der Waals surface area contributed by atoms with Crippen LogP contribution < -0.4 is 0 Å². The molecule has 0 radical (unpaired) electrons. The first-order chi connectivity index (χ1) is 32.7. The Kier molecular flexibility index (Phi) is 8.91. The molecule has 0 spiro atoms. The second kappa shape index (κ2) is 15.5. The smallest absolute Gasteiger partial charge is 0.164 e. The van der Waals surface area contributed by atoms with Gasteiger partial charge in [0.1, 0.15) is 0 Å². The maximum Gasteiger partial charge on any atom is 0.164 e. The molecule has 5 nitrogen and oxygen atoms in total. The first-order valence-electron chi connectivity index (χ1n) is 22.5. The highest BCUT2D eigenvalue weighted by Gasteiger charge is 2.41. The Labute approximate surface area is 382 Å². The van der Waals surface area contributed by atoms with Crippen molar-refractivity contribution in [1.82, 2.24) is 24.9 Å². The van der Waals surface area contributed by atoms with Crippen LogP contribution in [0.1, 0.15) is 45.2 Å². The van der Waals surface area contributed by atoms with Crippen LogP contribution in [0.15, 0.2) is 224 Å². The monoisotopic (exact) mass is 841 g/mol. The zero-order valence-electron chi connectivity index (χ0n) is 35.8. The quantitative estimate of drug-likeness (QED) is 0.160. The summed E-state index contributed by atoms with van der Waals surface area (Å²) >= 11 is 0. The van der Waals surface area contributed by atoms with Crippen LogP contribution in [0, 0.1) is 0 Å². The standard InChI is InChI=1S/C61H39N5/c1-4-16-41(17-5-1)58-62-54(40-29-27-39(28-30-40)47-26-14-22-38-15-10-11-23-46(38)47)37-55(63-58)44-31-33-50-52(35-44)56-48-24-12-13-25-49(48)57(50)53-36-45(32-34-51(53)56)61-65-59(42-18-6-2-7-19-42)64-60(66-61)43-20-8-3-9-21-43/h1-37,56-57H. The van der Waals surface area contributed by atoms with Gasteiger partial charge in [0.05, 0.1) is 11.4 Å². The van der Waals surface area contributed by atoms with Crippen molar-refractivity contribution in [3.05, 3.63) is 258 Å². The number of hydrogen-bond donors (Lipinski definition) is 0. The Balaban J connectivity index is 0.911. The molecule has 9 aromatic carbocycles. The number of hydrogen-bond acceptors (Lipinski definition) is 5. The second-order valence-electron chi connectivity index (χ2n) is 17.2. The van der Waals surface area contributed by atoms with Crippen molar-refractivity contribution in [1.29, 1.82) is 0 Å². The minimum atomic E-state index is 0.0512. The van der Waals surface area contributed by atoms with Crippen molar-refractivity contribution in [2.45, 2.75) is 11.8 Å². The van der Waals surface area contributed by atoms with Gasteiger partial charge in [-0.3, -0.25) is 0 Å². The molecule has 0 amide bonds. The Morgan fingerprint density at radius 1 is 0.242 bits per heavy atom. The molecular weight excluding hydrogens is 803 g/mol. The van der Waals surface area contributed by atoms with Gasteiger partial charge < -0.3 is 0 Å². The predicted octanol–water partition coefficient (Wildman–Crippen LogP) is 14.5. The highest BCUT2D eigenvalue weighted by atomic mass is 15.0. The van der Waals surface area contributed by atoms with Gasteiger partial charge in [0.15, 0.2) is 23.3 Å². The third-order valence-corrected chi connectivity index (χ3v) is 13.3. The average molecular weight is 842 g/mol. The van der Waals surface area contributed by atoms with Gasteiger partial charge in [0, 0.05) is 45.2 Å². The van der Waals surface area contributed by atoms with Gasteiger partial charge in [-0.1, -0.05) is 206 Å². The van der Waals surface area contributed by atoms with Crippen molar-refractivity contribution in [2.75, 3.05) is 0 Å². The molecule has 3 aliphatic carbocycles. The fourth-order valence-corrected chi connectivity index (χ4v) is 10.2. The molecule has 0 saturated carbocycles. The first kappa shape index (κ1) is 37.8.